The van der Waals surface area contributed by atoms with Crippen LogP contribution in [0.15, 0.2) is 0 Å². The summed E-state index contributed by atoms with van der Waals surface area (Å²) in [4.78, 5) is 11.8. The van der Waals surface area contributed by atoms with Gasteiger partial charge in [0.15, 0.2) is 0 Å². The number of esters is 1. The first-order chi connectivity index (χ1) is 6.79. The first-order valence-corrected chi connectivity index (χ1v) is 5.67. The highest BCUT2D eigenvalue weighted by Gasteiger charge is 2.56. The molecule has 0 amide bonds. The molecule has 1 aliphatic carbocycles. The topological polar surface area (TPSA) is 38.3 Å². The van der Waals surface area contributed by atoms with Crippen LogP contribution in [0.4, 0.5) is 0 Å². The molecule has 0 aromatic heterocycles. The summed E-state index contributed by atoms with van der Waals surface area (Å²) in [5.41, 5.74) is -0.131. The minimum absolute atomic E-state index is 0.0483. The maximum Gasteiger partial charge on any atom is 0.313 e. The van der Waals surface area contributed by atoms with Crippen LogP contribution in [0.1, 0.15) is 32.6 Å². The summed E-state index contributed by atoms with van der Waals surface area (Å²) in [5, 5.41) is 3.30. The van der Waals surface area contributed by atoms with Crippen LogP contribution in [-0.2, 0) is 9.53 Å². The molecule has 0 aromatic carbocycles. The summed E-state index contributed by atoms with van der Waals surface area (Å²) in [6, 6.07) is 0. The second-order valence-electron chi connectivity index (χ2n) is 4.51. The fourth-order valence-corrected chi connectivity index (χ4v) is 2.49. The van der Waals surface area contributed by atoms with Crippen LogP contribution in [0, 0.1) is 11.3 Å². The average Bonchev–Trinajstić information content (AvgIpc) is 2.43. The molecule has 0 aromatic rings. The van der Waals surface area contributed by atoms with Gasteiger partial charge in [-0.05, 0) is 31.7 Å². The van der Waals surface area contributed by atoms with Crippen LogP contribution >= 0.6 is 0 Å². The number of carbonyl (C=O) groups excluding carboxylic acids is 1. The molecule has 2 aliphatic rings. The predicted octanol–water partition coefficient (Wildman–Crippen LogP) is 1.33. The summed E-state index contributed by atoms with van der Waals surface area (Å²) in [7, 11) is 0. The van der Waals surface area contributed by atoms with E-state index in [2.05, 4.69) is 12.2 Å². The van der Waals surface area contributed by atoms with Crippen LogP contribution in [-0.4, -0.2) is 25.7 Å². The van der Waals surface area contributed by atoms with Gasteiger partial charge in [0.2, 0.25) is 0 Å². The van der Waals surface area contributed by atoms with E-state index >= 15 is 0 Å². The van der Waals surface area contributed by atoms with Crippen molar-refractivity contribution in [2.45, 2.75) is 32.6 Å². The average molecular weight is 197 g/mol. The number of ether oxygens (including phenoxy) is 1. The zero-order valence-corrected chi connectivity index (χ0v) is 8.84. The van der Waals surface area contributed by atoms with Crippen molar-refractivity contribution in [2.75, 3.05) is 19.7 Å². The molecular formula is C11H19NO2. The molecule has 0 spiro atoms. The van der Waals surface area contributed by atoms with E-state index in [9.17, 15) is 4.79 Å². The number of unbranched alkanes of at least 4 members (excludes halogenated alkanes) is 1. The molecule has 1 N–H and O–H groups in total. The molecule has 1 saturated heterocycles. The summed E-state index contributed by atoms with van der Waals surface area (Å²) in [6.45, 7) is 4.55. The molecule has 1 heterocycles. The van der Waals surface area contributed by atoms with Crippen LogP contribution in [0.3, 0.4) is 0 Å². The lowest BCUT2D eigenvalue weighted by atomic mass is 9.62. The molecule has 0 radical (unpaired) electrons. The molecule has 1 aliphatic heterocycles. The maximum absolute atomic E-state index is 11.8. The number of nitrogens with one attached hydrogen (secondary N) is 1. The summed E-state index contributed by atoms with van der Waals surface area (Å²) < 4.78 is 5.31. The number of hydrogen-bond acceptors (Lipinski definition) is 3. The van der Waals surface area contributed by atoms with Crippen molar-refractivity contribution < 1.29 is 9.53 Å². The Morgan fingerprint density at radius 2 is 2.50 bits per heavy atom. The fourth-order valence-electron chi connectivity index (χ4n) is 2.49. The van der Waals surface area contributed by atoms with Crippen LogP contribution in [0.2, 0.25) is 0 Å². The zero-order chi connectivity index (χ0) is 10.0. The Hall–Kier alpha value is -0.570. The highest BCUT2D eigenvalue weighted by atomic mass is 16.5. The fraction of sp³-hybridized carbons (Fsp3) is 0.909. The Balaban J connectivity index is 1.85. The molecule has 1 saturated carbocycles. The molecular weight excluding hydrogens is 178 g/mol. The number of hydrogen-bond donors (Lipinski definition) is 1. The van der Waals surface area contributed by atoms with Gasteiger partial charge in [0.25, 0.3) is 0 Å². The number of fused-ring (bicyclic) bond motifs is 1. The standard InChI is InChI=1S/C11H19NO2/c1-2-3-6-14-10(13)11-5-4-9(11)7-12-8-11/h9,12H,2-8H2,1H3. The van der Waals surface area contributed by atoms with Crippen molar-refractivity contribution in [1.82, 2.24) is 5.32 Å². The van der Waals surface area contributed by atoms with Gasteiger partial charge in [0.05, 0.1) is 12.0 Å². The lowest BCUT2D eigenvalue weighted by molar-refractivity contribution is -0.164. The third-order valence-corrected chi connectivity index (χ3v) is 3.69. The molecule has 2 unspecified atom stereocenters. The zero-order valence-electron chi connectivity index (χ0n) is 8.84. The molecule has 2 fully saturated rings. The number of rotatable bonds is 4. The van der Waals surface area contributed by atoms with Crippen LogP contribution < -0.4 is 5.32 Å². The summed E-state index contributed by atoms with van der Waals surface area (Å²) >= 11 is 0. The molecule has 3 heteroatoms. The van der Waals surface area contributed by atoms with Crippen molar-refractivity contribution in [3.8, 4) is 0 Å². The Labute approximate surface area is 85.2 Å². The molecule has 14 heavy (non-hydrogen) atoms. The van der Waals surface area contributed by atoms with Gasteiger partial charge in [0, 0.05) is 6.54 Å². The van der Waals surface area contributed by atoms with Gasteiger partial charge in [-0.2, -0.15) is 0 Å². The van der Waals surface area contributed by atoms with Gasteiger partial charge in [-0.25, -0.2) is 0 Å². The second-order valence-corrected chi connectivity index (χ2v) is 4.51. The SMILES string of the molecule is CCCCOC(=O)C12CCC1CNC2. The van der Waals surface area contributed by atoms with Crippen LogP contribution in [0.25, 0.3) is 0 Å². The quantitative estimate of drug-likeness (QED) is 0.546. The van der Waals surface area contributed by atoms with E-state index in [1.807, 2.05) is 0 Å². The molecule has 80 valence electrons. The van der Waals surface area contributed by atoms with Crippen molar-refractivity contribution >= 4 is 5.97 Å². The Bertz CT molecular complexity index is 229. The Kier molecular flexibility index (Phi) is 2.77. The highest BCUT2D eigenvalue weighted by Crippen LogP contribution is 2.49. The molecule has 2 rings (SSSR count). The summed E-state index contributed by atoms with van der Waals surface area (Å²) in [5.74, 6) is 0.601. The largest absolute Gasteiger partial charge is 0.465 e. The second kappa shape index (κ2) is 3.89. The lowest BCUT2D eigenvalue weighted by Gasteiger charge is -2.41. The molecule has 3 nitrogen and oxygen atoms in total. The van der Waals surface area contributed by atoms with E-state index in [0.717, 1.165) is 32.4 Å². The van der Waals surface area contributed by atoms with Gasteiger partial charge in [0.1, 0.15) is 0 Å². The Morgan fingerprint density at radius 1 is 1.64 bits per heavy atom. The maximum atomic E-state index is 11.8. The molecule has 0 bridgehead atoms. The van der Waals surface area contributed by atoms with E-state index in [1.165, 1.54) is 6.42 Å². The minimum atomic E-state index is -0.131. The van der Waals surface area contributed by atoms with E-state index in [0.29, 0.717) is 12.5 Å². The van der Waals surface area contributed by atoms with Gasteiger partial charge in [-0.15, -0.1) is 0 Å². The van der Waals surface area contributed by atoms with Crippen molar-refractivity contribution in [3.05, 3.63) is 0 Å². The van der Waals surface area contributed by atoms with E-state index in [1.54, 1.807) is 0 Å². The van der Waals surface area contributed by atoms with E-state index in [4.69, 9.17) is 4.74 Å². The van der Waals surface area contributed by atoms with Gasteiger partial charge < -0.3 is 10.1 Å². The first kappa shape index (κ1) is 9.97. The van der Waals surface area contributed by atoms with Crippen molar-refractivity contribution in [3.63, 3.8) is 0 Å². The van der Waals surface area contributed by atoms with Gasteiger partial charge >= 0.3 is 5.97 Å². The van der Waals surface area contributed by atoms with Crippen molar-refractivity contribution in [1.29, 1.82) is 0 Å². The molecule has 2 atom stereocenters. The third-order valence-electron chi connectivity index (χ3n) is 3.69. The number of carbonyl (C=O) groups is 1. The third kappa shape index (κ3) is 1.44. The normalized spacial score (nSPS) is 34.8. The van der Waals surface area contributed by atoms with E-state index in [-0.39, 0.29) is 11.4 Å². The summed E-state index contributed by atoms with van der Waals surface area (Å²) in [6.07, 6.45) is 4.29. The van der Waals surface area contributed by atoms with Gasteiger partial charge in [-0.1, -0.05) is 13.3 Å². The minimum Gasteiger partial charge on any atom is -0.465 e. The predicted molar refractivity (Wildman–Crippen MR) is 53.9 cm³/mol. The smallest absolute Gasteiger partial charge is 0.313 e. The van der Waals surface area contributed by atoms with Crippen molar-refractivity contribution in [2.24, 2.45) is 11.3 Å². The van der Waals surface area contributed by atoms with Gasteiger partial charge in [-0.3, -0.25) is 4.79 Å². The monoisotopic (exact) mass is 197 g/mol. The Morgan fingerprint density at radius 3 is 3.07 bits per heavy atom. The highest BCUT2D eigenvalue weighted by molar-refractivity contribution is 5.79. The van der Waals surface area contributed by atoms with Crippen LogP contribution in [0.5, 0.6) is 0 Å². The van der Waals surface area contributed by atoms with E-state index < -0.39 is 0 Å². The lowest BCUT2D eigenvalue weighted by Crippen LogP contribution is -2.47. The first-order valence-electron chi connectivity index (χ1n) is 5.67.